The first-order valence-corrected chi connectivity index (χ1v) is 3.06. The predicted molar refractivity (Wildman–Crippen MR) is 33.5 cm³/mol. The summed E-state index contributed by atoms with van der Waals surface area (Å²) < 4.78 is 0. The van der Waals surface area contributed by atoms with Gasteiger partial charge in [-0.1, -0.05) is 0 Å². The van der Waals surface area contributed by atoms with Gasteiger partial charge in [-0.2, -0.15) is 0 Å². The molecule has 1 radical (unpaired) electrons. The molecule has 0 bridgehead atoms. The van der Waals surface area contributed by atoms with Gasteiger partial charge in [0.1, 0.15) is 0 Å². The van der Waals surface area contributed by atoms with Crippen molar-refractivity contribution in [2.24, 2.45) is 0 Å². The summed E-state index contributed by atoms with van der Waals surface area (Å²) in [5.74, 6) is -0.0200. The van der Waals surface area contributed by atoms with Crippen molar-refractivity contribution in [2.45, 2.75) is 13.8 Å². The second kappa shape index (κ2) is 4.32. The van der Waals surface area contributed by atoms with Gasteiger partial charge in [-0.3, -0.25) is 4.79 Å². The SMILES string of the molecule is CCN(CC[O])C(C)=O. The van der Waals surface area contributed by atoms with Gasteiger partial charge >= 0.3 is 0 Å². The van der Waals surface area contributed by atoms with Crippen LogP contribution >= 0.6 is 0 Å². The van der Waals surface area contributed by atoms with Crippen LogP contribution in [0.3, 0.4) is 0 Å². The molecule has 53 valence electrons. The first-order chi connectivity index (χ1) is 4.22. The fourth-order valence-corrected chi connectivity index (χ4v) is 0.648. The second-order valence-electron chi connectivity index (χ2n) is 1.80. The Kier molecular flexibility index (Phi) is 4.05. The zero-order chi connectivity index (χ0) is 7.28. The summed E-state index contributed by atoms with van der Waals surface area (Å²) in [6.45, 7) is 4.10. The highest BCUT2D eigenvalue weighted by Gasteiger charge is 2.02. The first kappa shape index (κ1) is 8.43. The van der Waals surface area contributed by atoms with Crippen molar-refractivity contribution in [3.63, 3.8) is 0 Å². The molecule has 0 N–H and O–H groups in total. The molecule has 0 aromatic carbocycles. The number of carbonyl (C=O) groups excluding carboxylic acids is 1. The number of hydrogen-bond donors (Lipinski definition) is 0. The summed E-state index contributed by atoms with van der Waals surface area (Å²) in [7, 11) is 0. The van der Waals surface area contributed by atoms with E-state index in [9.17, 15) is 9.90 Å². The van der Waals surface area contributed by atoms with Crippen molar-refractivity contribution in [3.8, 4) is 0 Å². The number of rotatable bonds is 3. The summed E-state index contributed by atoms with van der Waals surface area (Å²) in [6, 6.07) is 0. The molecule has 0 rings (SSSR count). The van der Waals surface area contributed by atoms with Gasteiger partial charge in [0, 0.05) is 20.0 Å². The fraction of sp³-hybridized carbons (Fsp3) is 0.833. The number of hydrogen-bond acceptors (Lipinski definition) is 1. The maximum Gasteiger partial charge on any atom is 0.219 e. The minimum absolute atomic E-state index is 0.0200. The molecule has 0 heterocycles. The Balaban J connectivity index is 3.54. The molecule has 0 aromatic heterocycles. The molecule has 0 spiro atoms. The van der Waals surface area contributed by atoms with Gasteiger partial charge < -0.3 is 4.90 Å². The van der Waals surface area contributed by atoms with Crippen LogP contribution in [0.2, 0.25) is 0 Å². The van der Waals surface area contributed by atoms with Crippen molar-refractivity contribution >= 4 is 5.91 Å². The van der Waals surface area contributed by atoms with Crippen molar-refractivity contribution in [2.75, 3.05) is 19.7 Å². The lowest BCUT2D eigenvalue weighted by atomic mass is 10.5. The quantitative estimate of drug-likeness (QED) is 0.541. The van der Waals surface area contributed by atoms with E-state index in [2.05, 4.69) is 0 Å². The highest BCUT2D eigenvalue weighted by Crippen LogP contribution is 1.85. The Hall–Kier alpha value is -0.570. The van der Waals surface area contributed by atoms with Crippen LogP contribution in [0.15, 0.2) is 0 Å². The maximum absolute atomic E-state index is 10.6. The Labute approximate surface area is 55.3 Å². The highest BCUT2D eigenvalue weighted by atomic mass is 16.3. The van der Waals surface area contributed by atoms with Gasteiger partial charge in [0.15, 0.2) is 0 Å². The third kappa shape index (κ3) is 3.08. The van der Waals surface area contributed by atoms with E-state index in [-0.39, 0.29) is 12.5 Å². The molecule has 9 heavy (non-hydrogen) atoms. The molecule has 3 nitrogen and oxygen atoms in total. The average molecular weight is 130 g/mol. The van der Waals surface area contributed by atoms with Crippen molar-refractivity contribution in [1.29, 1.82) is 0 Å². The molecule has 0 aliphatic rings. The molecule has 0 atom stereocenters. The number of nitrogens with zero attached hydrogens (tertiary/aromatic N) is 1. The minimum Gasteiger partial charge on any atom is -0.341 e. The van der Waals surface area contributed by atoms with E-state index in [1.54, 1.807) is 0 Å². The number of likely N-dealkylation sites (N-methyl/N-ethyl adjacent to an activating group) is 1. The van der Waals surface area contributed by atoms with E-state index < -0.39 is 0 Å². The van der Waals surface area contributed by atoms with Crippen LogP contribution < -0.4 is 0 Å². The Morgan fingerprint density at radius 3 is 2.22 bits per heavy atom. The van der Waals surface area contributed by atoms with E-state index >= 15 is 0 Å². The molecule has 0 aliphatic heterocycles. The summed E-state index contributed by atoms with van der Waals surface area (Å²) in [6.07, 6.45) is 0. The standard InChI is InChI=1S/C6H12NO2/c1-3-7(4-5-8)6(2)9/h3-5H2,1-2H3. The van der Waals surface area contributed by atoms with Crippen LogP contribution in [0.5, 0.6) is 0 Å². The zero-order valence-corrected chi connectivity index (χ0v) is 5.89. The highest BCUT2D eigenvalue weighted by molar-refractivity contribution is 5.73. The molecule has 0 aromatic rings. The largest absolute Gasteiger partial charge is 0.341 e. The Morgan fingerprint density at radius 2 is 2.11 bits per heavy atom. The molecule has 3 heteroatoms. The minimum atomic E-state index is -0.201. The topological polar surface area (TPSA) is 40.2 Å². The van der Waals surface area contributed by atoms with E-state index in [0.29, 0.717) is 13.1 Å². The zero-order valence-electron chi connectivity index (χ0n) is 5.89. The third-order valence-electron chi connectivity index (χ3n) is 1.19. The summed E-state index contributed by atoms with van der Waals surface area (Å²) >= 11 is 0. The molecular weight excluding hydrogens is 118 g/mol. The van der Waals surface area contributed by atoms with E-state index in [4.69, 9.17) is 0 Å². The van der Waals surface area contributed by atoms with Gasteiger partial charge in [-0.05, 0) is 6.92 Å². The smallest absolute Gasteiger partial charge is 0.219 e. The molecule has 0 saturated heterocycles. The Morgan fingerprint density at radius 1 is 1.56 bits per heavy atom. The normalized spacial score (nSPS) is 9.22. The van der Waals surface area contributed by atoms with Gasteiger partial charge in [-0.25, -0.2) is 5.11 Å². The van der Waals surface area contributed by atoms with Crippen LogP contribution in [0, 0.1) is 0 Å². The molecule has 1 amide bonds. The van der Waals surface area contributed by atoms with Gasteiger partial charge in [0.25, 0.3) is 0 Å². The van der Waals surface area contributed by atoms with E-state index in [0.717, 1.165) is 0 Å². The van der Waals surface area contributed by atoms with Crippen LogP contribution in [-0.4, -0.2) is 30.5 Å². The first-order valence-electron chi connectivity index (χ1n) is 3.06. The molecule has 0 saturated carbocycles. The average Bonchev–Trinajstić information content (AvgIpc) is 1.82. The van der Waals surface area contributed by atoms with Gasteiger partial charge in [0.2, 0.25) is 5.91 Å². The molecule has 0 unspecified atom stereocenters. The van der Waals surface area contributed by atoms with Crippen LogP contribution in [0.4, 0.5) is 0 Å². The molecule has 0 aliphatic carbocycles. The van der Waals surface area contributed by atoms with Crippen LogP contribution in [0.1, 0.15) is 13.8 Å². The van der Waals surface area contributed by atoms with Crippen molar-refractivity contribution < 1.29 is 9.90 Å². The molecule has 0 fully saturated rings. The molecular formula is C6H12NO2. The lowest BCUT2D eigenvalue weighted by Crippen LogP contribution is -2.30. The van der Waals surface area contributed by atoms with Crippen molar-refractivity contribution in [1.82, 2.24) is 4.90 Å². The van der Waals surface area contributed by atoms with Gasteiger partial charge in [0.05, 0.1) is 6.61 Å². The Bertz CT molecular complexity index is 93.1. The fourth-order valence-electron chi connectivity index (χ4n) is 0.648. The number of carbonyl (C=O) groups is 1. The predicted octanol–water partition coefficient (Wildman–Crippen LogP) is 0.285. The lowest BCUT2D eigenvalue weighted by Gasteiger charge is -2.15. The second-order valence-corrected chi connectivity index (χ2v) is 1.80. The summed E-state index contributed by atoms with van der Waals surface area (Å²) in [5, 5.41) is 10.0. The summed E-state index contributed by atoms with van der Waals surface area (Å²) in [4.78, 5) is 12.1. The van der Waals surface area contributed by atoms with Gasteiger partial charge in [-0.15, -0.1) is 0 Å². The third-order valence-corrected chi connectivity index (χ3v) is 1.19. The summed E-state index contributed by atoms with van der Waals surface area (Å²) in [5.41, 5.74) is 0. The maximum atomic E-state index is 10.6. The van der Waals surface area contributed by atoms with E-state index in [1.165, 1.54) is 11.8 Å². The van der Waals surface area contributed by atoms with Crippen molar-refractivity contribution in [3.05, 3.63) is 0 Å². The van der Waals surface area contributed by atoms with Crippen LogP contribution in [-0.2, 0) is 9.90 Å². The lowest BCUT2D eigenvalue weighted by molar-refractivity contribution is -0.129. The van der Waals surface area contributed by atoms with Crippen LogP contribution in [0.25, 0.3) is 0 Å². The number of amides is 1. The van der Waals surface area contributed by atoms with E-state index in [1.807, 2.05) is 6.92 Å². The monoisotopic (exact) mass is 130 g/mol.